The van der Waals surface area contributed by atoms with Crippen molar-refractivity contribution >= 4 is 17.9 Å². The highest BCUT2D eigenvalue weighted by Gasteiger charge is 2.19. The van der Waals surface area contributed by atoms with E-state index in [4.69, 9.17) is 14.2 Å². The van der Waals surface area contributed by atoms with Crippen LogP contribution in [0.5, 0.6) is 0 Å². The normalized spacial score (nSPS) is 13.1. The molecular weight excluding hydrogens is 721 g/mol. The van der Waals surface area contributed by atoms with Crippen LogP contribution >= 0.6 is 0 Å². The van der Waals surface area contributed by atoms with Gasteiger partial charge in [-0.1, -0.05) is 188 Å². The maximum Gasteiger partial charge on any atom is 0.306 e. The van der Waals surface area contributed by atoms with Crippen LogP contribution in [0.3, 0.4) is 0 Å². The molecule has 0 radical (unpaired) electrons. The summed E-state index contributed by atoms with van der Waals surface area (Å²) < 4.78 is 16.6. The molecule has 0 aliphatic heterocycles. The van der Waals surface area contributed by atoms with Gasteiger partial charge in [-0.3, -0.25) is 14.4 Å². The van der Waals surface area contributed by atoms with Gasteiger partial charge in [-0.05, 0) is 83.5 Å². The molecule has 0 heterocycles. The minimum absolute atomic E-state index is 0.112. The number of carbonyl (C=O) groups is 3. The van der Waals surface area contributed by atoms with E-state index in [1.807, 2.05) is 48.6 Å². The topological polar surface area (TPSA) is 78.9 Å². The van der Waals surface area contributed by atoms with Gasteiger partial charge in [0.1, 0.15) is 13.2 Å². The van der Waals surface area contributed by atoms with Gasteiger partial charge < -0.3 is 14.2 Å². The maximum atomic E-state index is 12.7. The number of esters is 3. The summed E-state index contributed by atoms with van der Waals surface area (Å²) in [4.78, 5) is 37.8. The van der Waals surface area contributed by atoms with Crippen molar-refractivity contribution in [2.24, 2.45) is 0 Å². The highest BCUT2D eigenvalue weighted by Crippen LogP contribution is 2.13. The molecule has 0 amide bonds. The van der Waals surface area contributed by atoms with E-state index in [0.717, 1.165) is 103 Å². The second-order valence-electron chi connectivity index (χ2n) is 14.7. The van der Waals surface area contributed by atoms with E-state index in [1.54, 1.807) is 0 Å². The fourth-order valence-corrected chi connectivity index (χ4v) is 5.71. The Morgan fingerprint density at radius 1 is 0.379 bits per heavy atom. The van der Waals surface area contributed by atoms with Crippen molar-refractivity contribution in [3.63, 3.8) is 0 Å². The van der Waals surface area contributed by atoms with Gasteiger partial charge in [-0.15, -0.1) is 0 Å². The van der Waals surface area contributed by atoms with Crippen LogP contribution in [-0.2, 0) is 28.6 Å². The lowest BCUT2D eigenvalue weighted by Crippen LogP contribution is -2.30. The summed E-state index contributed by atoms with van der Waals surface area (Å²) in [6.07, 6.45) is 60.7. The van der Waals surface area contributed by atoms with Crippen molar-refractivity contribution in [3.8, 4) is 0 Å². The molecule has 0 aromatic rings. The number of carbonyl (C=O) groups excluding carboxylic acids is 3. The van der Waals surface area contributed by atoms with Crippen LogP contribution in [0.2, 0.25) is 0 Å². The second kappa shape index (κ2) is 45.8. The Balaban J connectivity index is 4.53. The van der Waals surface area contributed by atoms with Gasteiger partial charge in [0.2, 0.25) is 0 Å². The predicted molar refractivity (Wildman–Crippen MR) is 247 cm³/mol. The summed E-state index contributed by atoms with van der Waals surface area (Å²) in [6.45, 7) is 6.23. The number of unbranched alkanes of at least 4 members (excludes halogenated alkanes) is 15. The highest BCUT2D eigenvalue weighted by molar-refractivity contribution is 5.71. The smallest absolute Gasteiger partial charge is 0.306 e. The third-order valence-electron chi connectivity index (χ3n) is 9.15. The van der Waals surface area contributed by atoms with Crippen molar-refractivity contribution in [1.29, 1.82) is 0 Å². The SMILES string of the molecule is CC\C=C/C=C\C=C/C=C\C=C/CCCCCC(=O)OCC(COC(=O)CCCCC/C=C\C=C/CCCC)OC(=O)CCCCCCCCC/C=C\C/C=C\CC. The first kappa shape index (κ1) is 54.1. The lowest BCUT2D eigenvalue weighted by atomic mass is 10.1. The number of hydrogen-bond acceptors (Lipinski definition) is 6. The Morgan fingerprint density at radius 3 is 1.28 bits per heavy atom. The molecule has 0 aliphatic rings. The van der Waals surface area contributed by atoms with Crippen LogP contribution in [0.4, 0.5) is 0 Å². The fourth-order valence-electron chi connectivity index (χ4n) is 5.71. The van der Waals surface area contributed by atoms with Crippen LogP contribution in [-0.4, -0.2) is 37.2 Å². The van der Waals surface area contributed by atoms with Crippen molar-refractivity contribution in [2.75, 3.05) is 13.2 Å². The molecule has 0 aliphatic carbocycles. The van der Waals surface area contributed by atoms with Crippen molar-refractivity contribution < 1.29 is 28.6 Å². The average molecular weight is 803 g/mol. The molecule has 0 aromatic carbocycles. The minimum Gasteiger partial charge on any atom is -0.462 e. The molecule has 58 heavy (non-hydrogen) atoms. The van der Waals surface area contributed by atoms with Gasteiger partial charge in [0.25, 0.3) is 0 Å². The molecule has 326 valence electrons. The third-order valence-corrected chi connectivity index (χ3v) is 9.15. The van der Waals surface area contributed by atoms with Gasteiger partial charge in [0, 0.05) is 19.3 Å². The molecule has 0 spiro atoms. The lowest BCUT2D eigenvalue weighted by Gasteiger charge is -2.18. The lowest BCUT2D eigenvalue weighted by molar-refractivity contribution is -0.167. The fraction of sp³-hybridized carbons (Fsp3) is 0.596. The number of rotatable bonds is 39. The number of ether oxygens (including phenoxy) is 3. The van der Waals surface area contributed by atoms with Gasteiger partial charge in [-0.25, -0.2) is 0 Å². The van der Waals surface area contributed by atoms with E-state index in [-0.39, 0.29) is 31.1 Å². The molecule has 0 aromatic heterocycles. The molecule has 0 saturated carbocycles. The number of allylic oxidation sites excluding steroid dienone is 18. The quantitative estimate of drug-likeness (QED) is 0.0202. The Kier molecular flexibility index (Phi) is 42.7. The molecule has 0 N–H and O–H groups in total. The second-order valence-corrected chi connectivity index (χ2v) is 14.7. The minimum atomic E-state index is -0.811. The molecule has 0 fully saturated rings. The molecule has 1 atom stereocenters. The van der Waals surface area contributed by atoms with Crippen LogP contribution in [0, 0.1) is 0 Å². The van der Waals surface area contributed by atoms with E-state index >= 15 is 0 Å². The van der Waals surface area contributed by atoms with Crippen LogP contribution in [0.25, 0.3) is 0 Å². The van der Waals surface area contributed by atoms with E-state index in [0.29, 0.717) is 19.3 Å². The first-order valence-electron chi connectivity index (χ1n) is 23.0. The van der Waals surface area contributed by atoms with Crippen LogP contribution < -0.4 is 0 Å². The van der Waals surface area contributed by atoms with Gasteiger partial charge in [-0.2, -0.15) is 0 Å². The summed E-state index contributed by atoms with van der Waals surface area (Å²) in [5.41, 5.74) is 0. The molecular formula is C52H82O6. The maximum absolute atomic E-state index is 12.7. The standard InChI is InChI=1S/C52H82O6/c1-4-7-10-13-16-19-22-24-26-28-30-33-36-39-42-45-51(54)57-48-49(47-56-50(53)44-41-38-35-32-29-21-18-15-12-9-6-3)58-52(55)46-43-40-37-34-31-27-25-23-20-17-14-11-8-5-2/h7-8,10-11,13,15-22,24,26,28-30,49H,4-6,9,12,14,23,25,27,31-48H2,1-3H3/b10-7-,11-8-,16-13-,18-15-,20-17-,22-19-,26-24-,29-21-,30-28-. The first-order valence-corrected chi connectivity index (χ1v) is 23.0. The Labute approximate surface area is 355 Å². The molecule has 6 heteroatoms. The van der Waals surface area contributed by atoms with Crippen molar-refractivity contribution in [1.82, 2.24) is 0 Å². The Hall–Kier alpha value is -3.93. The van der Waals surface area contributed by atoms with Crippen LogP contribution in [0.1, 0.15) is 181 Å². The monoisotopic (exact) mass is 803 g/mol. The highest BCUT2D eigenvalue weighted by atomic mass is 16.6. The summed E-state index contributed by atoms with van der Waals surface area (Å²) in [5.74, 6) is -1.00. The van der Waals surface area contributed by atoms with Crippen molar-refractivity contribution in [3.05, 3.63) is 109 Å². The molecule has 1 unspecified atom stereocenters. The zero-order valence-electron chi connectivity index (χ0n) is 37.0. The van der Waals surface area contributed by atoms with E-state index < -0.39 is 6.10 Å². The summed E-state index contributed by atoms with van der Waals surface area (Å²) in [6, 6.07) is 0. The summed E-state index contributed by atoms with van der Waals surface area (Å²) >= 11 is 0. The first-order chi connectivity index (χ1) is 28.5. The largest absolute Gasteiger partial charge is 0.462 e. The van der Waals surface area contributed by atoms with Gasteiger partial charge in [0.05, 0.1) is 0 Å². The Bertz CT molecular complexity index is 1240. The number of hydrogen-bond donors (Lipinski definition) is 0. The average Bonchev–Trinajstić information content (AvgIpc) is 3.22. The molecule has 0 rings (SSSR count). The molecule has 0 saturated heterocycles. The van der Waals surface area contributed by atoms with Gasteiger partial charge in [0.15, 0.2) is 6.10 Å². The van der Waals surface area contributed by atoms with E-state index in [1.165, 1.54) is 38.5 Å². The summed E-state index contributed by atoms with van der Waals surface area (Å²) in [5, 5.41) is 0. The van der Waals surface area contributed by atoms with Crippen LogP contribution in [0.15, 0.2) is 109 Å². The molecule has 0 bridgehead atoms. The zero-order chi connectivity index (χ0) is 42.3. The summed E-state index contributed by atoms with van der Waals surface area (Å²) in [7, 11) is 0. The predicted octanol–water partition coefficient (Wildman–Crippen LogP) is 14.8. The third kappa shape index (κ3) is 43.2. The Morgan fingerprint density at radius 2 is 0.759 bits per heavy atom. The van der Waals surface area contributed by atoms with E-state index in [9.17, 15) is 14.4 Å². The van der Waals surface area contributed by atoms with Gasteiger partial charge >= 0.3 is 17.9 Å². The van der Waals surface area contributed by atoms with Crippen molar-refractivity contribution in [2.45, 2.75) is 187 Å². The zero-order valence-corrected chi connectivity index (χ0v) is 37.0. The van der Waals surface area contributed by atoms with E-state index in [2.05, 4.69) is 81.5 Å². The molecule has 6 nitrogen and oxygen atoms in total.